The van der Waals surface area contributed by atoms with Crippen molar-refractivity contribution >= 4 is 17.3 Å². The molecule has 1 aromatic heterocycles. The normalized spacial score (nSPS) is 11.8. The van der Waals surface area contributed by atoms with Gasteiger partial charge in [-0.15, -0.1) is 10.2 Å². The molecule has 0 spiro atoms. The lowest BCUT2D eigenvalue weighted by Gasteiger charge is -2.19. The van der Waals surface area contributed by atoms with E-state index in [4.69, 9.17) is 0 Å². The number of aromatic hydroxyl groups is 1. The Labute approximate surface area is 208 Å². The Morgan fingerprint density at radius 2 is 1.58 bits per heavy atom. The topological polar surface area (TPSA) is 120 Å². The van der Waals surface area contributed by atoms with Crippen LogP contribution in [-0.4, -0.2) is 26.0 Å². The van der Waals surface area contributed by atoms with E-state index >= 15 is 0 Å². The fourth-order valence-corrected chi connectivity index (χ4v) is 3.95. The molecule has 0 saturated carbocycles. The number of benzene rings is 3. The van der Waals surface area contributed by atoms with Crippen LogP contribution in [0.3, 0.4) is 0 Å². The Morgan fingerprint density at radius 1 is 0.917 bits per heavy atom. The van der Waals surface area contributed by atoms with Gasteiger partial charge in [-0.1, -0.05) is 56.7 Å². The first-order chi connectivity index (χ1) is 17.0. The Kier molecular flexibility index (Phi) is 6.37. The van der Waals surface area contributed by atoms with Gasteiger partial charge in [0.25, 0.3) is 5.56 Å². The number of rotatable bonds is 5. The number of carboxylic acids is 1. The van der Waals surface area contributed by atoms with E-state index in [0.717, 1.165) is 11.1 Å². The highest BCUT2D eigenvalue weighted by atomic mass is 16.4. The molecule has 0 unspecified atom stereocenters. The second-order valence-electron chi connectivity index (χ2n) is 9.75. The summed E-state index contributed by atoms with van der Waals surface area (Å²) in [7, 11) is 0. The molecule has 1 heterocycles. The molecule has 8 heteroatoms. The number of azo groups is 1. The Bertz CT molecular complexity index is 1540. The summed E-state index contributed by atoms with van der Waals surface area (Å²) in [4.78, 5) is 25.1. The monoisotopic (exact) mass is 484 g/mol. The van der Waals surface area contributed by atoms with Crippen LogP contribution in [0.2, 0.25) is 0 Å². The second kappa shape index (κ2) is 9.30. The van der Waals surface area contributed by atoms with Crippen molar-refractivity contribution in [3.63, 3.8) is 0 Å². The third-order valence-corrected chi connectivity index (χ3v) is 5.99. The Hall–Kier alpha value is -4.46. The van der Waals surface area contributed by atoms with Gasteiger partial charge in [-0.2, -0.15) is 0 Å². The number of H-pyrrole nitrogens is 1. The van der Waals surface area contributed by atoms with Crippen molar-refractivity contribution in [3.05, 3.63) is 93.4 Å². The summed E-state index contributed by atoms with van der Waals surface area (Å²) in [6.45, 7) is 9.92. The van der Waals surface area contributed by atoms with Crippen molar-refractivity contribution in [2.75, 3.05) is 0 Å². The van der Waals surface area contributed by atoms with Crippen LogP contribution >= 0.6 is 0 Å². The maximum Gasteiger partial charge on any atom is 0.337 e. The number of hydrogen-bond acceptors (Lipinski definition) is 5. The lowest BCUT2D eigenvalue weighted by molar-refractivity contribution is 0.0697. The van der Waals surface area contributed by atoms with E-state index in [1.165, 1.54) is 10.7 Å². The number of phenols is 1. The van der Waals surface area contributed by atoms with E-state index < -0.39 is 11.5 Å². The molecule has 184 valence electrons. The van der Waals surface area contributed by atoms with Gasteiger partial charge in [0.1, 0.15) is 11.4 Å². The van der Waals surface area contributed by atoms with Crippen LogP contribution in [0.1, 0.15) is 48.0 Å². The lowest BCUT2D eigenvalue weighted by atomic mass is 9.87. The first-order valence-electron chi connectivity index (χ1n) is 11.5. The summed E-state index contributed by atoms with van der Waals surface area (Å²) in [5.41, 5.74) is 3.56. The number of aromatic amines is 1. The molecule has 0 bridgehead atoms. The number of hydrogen-bond donors (Lipinski definition) is 3. The van der Waals surface area contributed by atoms with E-state index in [-0.39, 0.29) is 28.1 Å². The molecular formula is C28H28N4O4. The lowest BCUT2D eigenvalue weighted by Crippen LogP contribution is -2.15. The number of phenolic OH excluding ortho intramolecular Hbond substituents is 1. The molecule has 8 nitrogen and oxygen atoms in total. The van der Waals surface area contributed by atoms with Gasteiger partial charge < -0.3 is 10.2 Å². The first-order valence-corrected chi connectivity index (χ1v) is 11.5. The highest BCUT2D eigenvalue weighted by Crippen LogP contribution is 2.39. The zero-order chi connectivity index (χ0) is 26.2. The molecular weight excluding hydrogens is 456 g/mol. The zero-order valence-corrected chi connectivity index (χ0v) is 20.8. The van der Waals surface area contributed by atoms with E-state index in [0.29, 0.717) is 22.5 Å². The molecule has 4 aromatic rings. The van der Waals surface area contributed by atoms with Gasteiger partial charge in [-0.25, -0.2) is 9.48 Å². The average Bonchev–Trinajstić information content (AvgIpc) is 3.11. The number of aromatic carboxylic acids is 1. The number of aromatic nitrogens is 2. The minimum atomic E-state index is -1.19. The average molecular weight is 485 g/mol. The smallest absolute Gasteiger partial charge is 0.337 e. The third-order valence-electron chi connectivity index (χ3n) is 5.99. The summed E-state index contributed by atoms with van der Waals surface area (Å²) in [6, 6.07) is 17.3. The maximum absolute atomic E-state index is 13.2. The summed E-state index contributed by atoms with van der Waals surface area (Å²) in [6.07, 6.45) is 0. The summed E-state index contributed by atoms with van der Waals surface area (Å²) < 4.78 is 1.38. The molecule has 3 N–H and O–H groups in total. The fraction of sp³-hybridized carbons (Fsp3) is 0.214. The van der Waals surface area contributed by atoms with Crippen LogP contribution in [0.4, 0.5) is 11.4 Å². The maximum atomic E-state index is 13.2. The van der Waals surface area contributed by atoms with Crippen LogP contribution in [0.25, 0.3) is 16.8 Å². The van der Waals surface area contributed by atoms with Gasteiger partial charge in [0.2, 0.25) is 0 Å². The van der Waals surface area contributed by atoms with Crippen molar-refractivity contribution in [2.45, 2.75) is 40.0 Å². The van der Waals surface area contributed by atoms with Crippen molar-refractivity contribution in [3.8, 4) is 22.6 Å². The van der Waals surface area contributed by atoms with Gasteiger partial charge in [0.15, 0.2) is 5.69 Å². The molecule has 0 saturated heterocycles. The van der Waals surface area contributed by atoms with Crippen LogP contribution in [0.15, 0.2) is 75.7 Å². The molecule has 0 aliphatic rings. The molecule has 36 heavy (non-hydrogen) atoms. The fourth-order valence-electron chi connectivity index (χ4n) is 3.95. The van der Waals surface area contributed by atoms with E-state index in [2.05, 4.69) is 36.1 Å². The minimum Gasteiger partial charge on any atom is -0.507 e. The quantitative estimate of drug-likeness (QED) is 0.278. The predicted molar refractivity (Wildman–Crippen MR) is 139 cm³/mol. The summed E-state index contributed by atoms with van der Waals surface area (Å²) >= 11 is 0. The largest absolute Gasteiger partial charge is 0.507 e. The molecule has 0 aliphatic carbocycles. The van der Waals surface area contributed by atoms with Crippen LogP contribution in [0.5, 0.6) is 5.75 Å². The van der Waals surface area contributed by atoms with Gasteiger partial charge in [-0.05, 0) is 55.2 Å². The minimum absolute atomic E-state index is 0.0153. The van der Waals surface area contributed by atoms with Gasteiger partial charge in [0.05, 0.1) is 16.9 Å². The van der Waals surface area contributed by atoms with Crippen molar-refractivity contribution < 1.29 is 15.0 Å². The van der Waals surface area contributed by atoms with Crippen molar-refractivity contribution in [2.24, 2.45) is 10.2 Å². The molecule has 0 amide bonds. The number of carboxylic acid groups (broad SMARTS) is 1. The molecule has 0 aliphatic heterocycles. The van der Waals surface area contributed by atoms with Gasteiger partial charge in [0, 0.05) is 11.1 Å². The zero-order valence-electron chi connectivity index (χ0n) is 20.8. The van der Waals surface area contributed by atoms with E-state index in [1.54, 1.807) is 37.3 Å². The van der Waals surface area contributed by atoms with Crippen molar-refractivity contribution in [1.82, 2.24) is 9.78 Å². The Morgan fingerprint density at radius 3 is 2.22 bits per heavy atom. The predicted octanol–water partition coefficient (Wildman–Crippen LogP) is 6.57. The van der Waals surface area contributed by atoms with Crippen LogP contribution in [0, 0.1) is 13.8 Å². The summed E-state index contributed by atoms with van der Waals surface area (Å²) in [5, 5.41) is 31.6. The molecule has 0 radical (unpaired) electrons. The standard InChI is InChI=1S/C28H28N4O4/c1-16-9-14-23(33)22(15-16)20-7-6-8-21(27(35)36)25(20)30-29-24-17(2)31-32(26(24)34)19-12-10-18(11-13-19)28(3,4)5/h6-15,31,33H,1-5H3,(H,35,36). The highest BCUT2D eigenvalue weighted by Gasteiger charge is 2.19. The Balaban J connectivity index is 1.81. The number of nitrogens with zero attached hydrogens (tertiary/aromatic N) is 3. The highest BCUT2D eigenvalue weighted by molar-refractivity contribution is 5.98. The first kappa shape index (κ1) is 24.7. The van der Waals surface area contributed by atoms with E-state index in [1.807, 2.05) is 31.2 Å². The van der Waals surface area contributed by atoms with Crippen LogP contribution < -0.4 is 5.56 Å². The summed E-state index contributed by atoms with van der Waals surface area (Å²) in [5.74, 6) is -1.21. The number of nitrogens with one attached hydrogen (secondary N) is 1. The van der Waals surface area contributed by atoms with Gasteiger partial charge in [-0.3, -0.25) is 9.89 Å². The molecule has 0 atom stereocenters. The second-order valence-corrected chi connectivity index (χ2v) is 9.75. The van der Waals surface area contributed by atoms with Gasteiger partial charge >= 0.3 is 5.97 Å². The van der Waals surface area contributed by atoms with E-state index in [9.17, 15) is 19.8 Å². The molecule has 0 fully saturated rings. The SMILES string of the molecule is Cc1ccc(O)c(-c2cccc(C(=O)O)c2N=Nc2c(C)[nH]n(-c3ccc(C(C)(C)C)cc3)c2=O)c1. The van der Waals surface area contributed by atoms with Crippen molar-refractivity contribution in [1.29, 1.82) is 0 Å². The number of carbonyl (C=O) groups is 1. The molecule has 3 aromatic carbocycles. The molecule has 4 rings (SSSR count). The third kappa shape index (κ3) is 4.70. The number of aryl methyl sites for hydroxylation is 2. The van der Waals surface area contributed by atoms with Crippen LogP contribution in [-0.2, 0) is 5.41 Å².